The zero-order chi connectivity index (χ0) is 36.1. The fourth-order valence-electron chi connectivity index (χ4n) is 6.54. The van der Waals surface area contributed by atoms with E-state index in [0.717, 1.165) is 64.5 Å². The molecule has 2 heterocycles. The molecule has 10 nitrogen and oxygen atoms in total. The minimum absolute atomic E-state index is 0.0619. The standard InChI is InChI=1S/C41H46N6O4/c1-28-36(40(48)42-29-26-35(46(6)27-29)41(49)47(24-14-22-44(2)3)25-15-23-45(4)5)38(43-51-28)37-31-18-10-12-20-33(31)39(34-21-13-11-19-32(34)37)50-30-16-8-7-9-17-30/h7-13,16-21,26-27H,14-15,22-25H2,1-6H3,(H,42,48). The lowest BCUT2D eigenvalue weighted by molar-refractivity contribution is 0.0735. The van der Waals surface area contributed by atoms with Gasteiger partial charge in [-0.25, -0.2) is 0 Å². The van der Waals surface area contributed by atoms with Gasteiger partial charge in [-0.05, 0) is 90.0 Å². The van der Waals surface area contributed by atoms with Crippen molar-refractivity contribution in [3.05, 3.63) is 108 Å². The molecule has 0 saturated carbocycles. The topological polar surface area (TPSA) is 96.1 Å². The number of aromatic nitrogens is 2. The third kappa shape index (κ3) is 7.82. The van der Waals surface area contributed by atoms with Crippen LogP contribution < -0.4 is 10.1 Å². The number of hydrogen-bond acceptors (Lipinski definition) is 7. The maximum Gasteiger partial charge on any atom is 0.270 e. The molecule has 6 aromatic rings. The van der Waals surface area contributed by atoms with E-state index in [1.165, 1.54) is 0 Å². The van der Waals surface area contributed by atoms with Crippen molar-refractivity contribution in [2.24, 2.45) is 7.05 Å². The largest absolute Gasteiger partial charge is 0.456 e. The monoisotopic (exact) mass is 686 g/mol. The molecule has 10 heteroatoms. The summed E-state index contributed by atoms with van der Waals surface area (Å²) in [6, 6.07) is 27.4. The van der Waals surface area contributed by atoms with Crippen LogP contribution in [0.3, 0.4) is 0 Å². The molecule has 6 rings (SSSR count). The zero-order valence-corrected chi connectivity index (χ0v) is 30.3. The van der Waals surface area contributed by atoms with Crippen molar-refractivity contribution >= 4 is 39.0 Å². The Morgan fingerprint density at radius 2 is 1.33 bits per heavy atom. The smallest absolute Gasteiger partial charge is 0.270 e. The van der Waals surface area contributed by atoms with Crippen molar-refractivity contribution in [1.29, 1.82) is 0 Å². The van der Waals surface area contributed by atoms with Gasteiger partial charge in [-0.3, -0.25) is 9.59 Å². The quantitative estimate of drug-likeness (QED) is 0.117. The first-order chi connectivity index (χ1) is 24.6. The highest BCUT2D eigenvalue weighted by atomic mass is 16.5. The molecule has 0 fully saturated rings. The number of benzene rings is 4. The van der Waals surface area contributed by atoms with Crippen LogP contribution in [0.15, 0.2) is 95.6 Å². The van der Waals surface area contributed by atoms with Crippen molar-refractivity contribution < 1.29 is 18.8 Å². The molecule has 0 bridgehead atoms. The van der Waals surface area contributed by atoms with Gasteiger partial charge in [0, 0.05) is 42.7 Å². The molecule has 0 unspecified atom stereocenters. The van der Waals surface area contributed by atoms with Gasteiger partial charge in [0.25, 0.3) is 11.8 Å². The number of rotatable bonds is 14. The van der Waals surface area contributed by atoms with E-state index in [0.29, 0.717) is 41.5 Å². The first-order valence-corrected chi connectivity index (χ1v) is 17.3. The maximum atomic E-state index is 14.2. The number of fused-ring (bicyclic) bond motifs is 2. The lowest BCUT2D eigenvalue weighted by atomic mass is 9.92. The van der Waals surface area contributed by atoms with Gasteiger partial charge < -0.3 is 33.8 Å². The molecule has 264 valence electrons. The number of anilines is 1. The van der Waals surface area contributed by atoms with E-state index in [2.05, 4.69) is 20.3 Å². The lowest BCUT2D eigenvalue weighted by Gasteiger charge is -2.24. The van der Waals surface area contributed by atoms with E-state index in [9.17, 15) is 9.59 Å². The van der Waals surface area contributed by atoms with Crippen LogP contribution in [-0.4, -0.2) is 90.6 Å². The van der Waals surface area contributed by atoms with Crippen LogP contribution in [0.5, 0.6) is 11.5 Å². The molecular formula is C41H46N6O4. The number of nitrogens with one attached hydrogen (secondary N) is 1. The van der Waals surface area contributed by atoms with E-state index >= 15 is 0 Å². The third-order valence-electron chi connectivity index (χ3n) is 9.01. The number of carbonyl (C=O) groups is 2. The van der Waals surface area contributed by atoms with Gasteiger partial charge in [0.15, 0.2) is 0 Å². The first kappa shape index (κ1) is 35.4. The molecule has 0 saturated heterocycles. The van der Waals surface area contributed by atoms with Crippen LogP contribution in [0.4, 0.5) is 5.69 Å². The average Bonchev–Trinajstić information content (AvgIpc) is 3.68. The van der Waals surface area contributed by atoms with Crippen LogP contribution in [-0.2, 0) is 7.05 Å². The minimum atomic E-state index is -0.375. The van der Waals surface area contributed by atoms with E-state index in [-0.39, 0.29) is 11.8 Å². The normalized spacial score (nSPS) is 11.5. The summed E-state index contributed by atoms with van der Waals surface area (Å²) in [6.07, 6.45) is 3.51. The van der Waals surface area contributed by atoms with Crippen molar-refractivity contribution in [3.8, 4) is 22.8 Å². The van der Waals surface area contributed by atoms with Crippen molar-refractivity contribution in [1.82, 2.24) is 24.4 Å². The predicted molar refractivity (Wildman–Crippen MR) is 204 cm³/mol. The second-order valence-electron chi connectivity index (χ2n) is 13.5. The number of carbonyl (C=O) groups excluding carboxylic acids is 2. The molecule has 0 aliphatic rings. The highest BCUT2D eigenvalue weighted by molar-refractivity contribution is 6.20. The molecule has 51 heavy (non-hydrogen) atoms. The summed E-state index contributed by atoms with van der Waals surface area (Å²) in [5.74, 6) is 1.40. The van der Waals surface area contributed by atoms with Gasteiger partial charge in [-0.1, -0.05) is 71.9 Å². The second-order valence-corrected chi connectivity index (χ2v) is 13.5. The van der Waals surface area contributed by atoms with Crippen LogP contribution >= 0.6 is 0 Å². The number of ether oxygens (including phenoxy) is 1. The molecule has 2 amide bonds. The highest BCUT2D eigenvalue weighted by Gasteiger charge is 2.27. The number of para-hydroxylation sites is 1. The molecule has 0 spiro atoms. The van der Waals surface area contributed by atoms with Crippen LogP contribution in [0, 0.1) is 6.92 Å². The minimum Gasteiger partial charge on any atom is -0.456 e. The number of amides is 2. The summed E-state index contributed by atoms with van der Waals surface area (Å²) < 4.78 is 14.0. The Morgan fingerprint density at radius 1 is 0.784 bits per heavy atom. The summed E-state index contributed by atoms with van der Waals surface area (Å²) in [5, 5.41) is 11.0. The van der Waals surface area contributed by atoms with E-state index in [1.807, 2.05) is 119 Å². The summed E-state index contributed by atoms with van der Waals surface area (Å²) in [5.41, 5.74) is 2.56. The molecule has 2 aromatic heterocycles. The van der Waals surface area contributed by atoms with Crippen molar-refractivity contribution in [2.75, 3.05) is 59.7 Å². The van der Waals surface area contributed by atoms with Gasteiger partial charge in [-0.15, -0.1) is 0 Å². The molecule has 0 atom stereocenters. The maximum absolute atomic E-state index is 14.2. The predicted octanol–water partition coefficient (Wildman–Crippen LogP) is 7.69. The Bertz CT molecular complexity index is 2080. The summed E-state index contributed by atoms with van der Waals surface area (Å²) in [4.78, 5) is 34.2. The Hall–Kier alpha value is -5.45. The number of hydrogen-bond donors (Lipinski definition) is 1. The number of nitrogens with zero attached hydrogens (tertiary/aromatic N) is 5. The molecule has 1 N–H and O–H groups in total. The van der Waals surface area contributed by atoms with Gasteiger partial charge in [0.2, 0.25) is 0 Å². The Labute approximate surface area is 299 Å². The van der Waals surface area contributed by atoms with Crippen molar-refractivity contribution in [3.63, 3.8) is 0 Å². The third-order valence-corrected chi connectivity index (χ3v) is 9.01. The molecule has 0 aliphatic heterocycles. The van der Waals surface area contributed by atoms with E-state index in [4.69, 9.17) is 9.26 Å². The lowest BCUT2D eigenvalue weighted by Crippen LogP contribution is -2.36. The van der Waals surface area contributed by atoms with Crippen LogP contribution in [0.1, 0.15) is 39.4 Å². The SMILES string of the molecule is Cc1onc(-c2c3ccccc3c(Oc3ccccc3)c3ccccc23)c1C(=O)Nc1cc(C(=O)N(CCCN(C)C)CCCN(C)C)n(C)c1. The van der Waals surface area contributed by atoms with E-state index < -0.39 is 0 Å². The fraction of sp³-hybridized carbons (Fsp3) is 0.293. The molecule has 4 aromatic carbocycles. The van der Waals surface area contributed by atoms with Gasteiger partial charge in [0.1, 0.15) is 34.2 Å². The second kappa shape index (κ2) is 15.6. The molecule has 0 aliphatic carbocycles. The highest BCUT2D eigenvalue weighted by Crippen LogP contribution is 2.45. The van der Waals surface area contributed by atoms with E-state index in [1.54, 1.807) is 23.8 Å². The molecule has 0 radical (unpaired) electrons. The summed E-state index contributed by atoms with van der Waals surface area (Å²) in [7, 11) is 9.97. The molecular weight excluding hydrogens is 640 g/mol. The Morgan fingerprint density at radius 3 is 1.90 bits per heavy atom. The van der Waals surface area contributed by atoms with Crippen LogP contribution in [0.25, 0.3) is 32.8 Å². The Balaban J connectivity index is 1.33. The van der Waals surface area contributed by atoms with Gasteiger partial charge in [0.05, 0.1) is 5.69 Å². The summed E-state index contributed by atoms with van der Waals surface area (Å²) >= 11 is 0. The van der Waals surface area contributed by atoms with Crippen LogP contribution in [0.2, 0.25) is 0 Å². The van der Waals surface area contributed by atoms with Gasteiger partial charge in [-0.2, -0.15) is 0 Å². The Kier molecular flexibility index (Phi) is 10.8. The van der Waals surface area contributed by atoms with Gasteiger partial charge >= 0.3 is 0 Å². The van der Waals surface area contributed by atoms with Crippen molar-refractivity contribution in [2.45, 2.75) is 19.8 Å². The fourth-order valence-corrected chi connectivity index (χ4v) is 6.54. The average molecular weight is 687 g/mol. The summed E-state index contributed by atoms with van der Waals surface area (Å²) in [6.45, 7) is 4.82. The zero-order valence-electron chi connectivity index (χ0n) is 30.3. The first-order valence-electron chi connectivity index (χ1n) is 17.3. The number of aryl methyl sites for hydroxylation is 2.